The number of anilines is 1. The Kier molecular flexibility index (Phi) is 6.24. The Morgan fingerprint density at radius 3 is 2.54 bits per heavy atom. The van der Waals surface area contributed by atoms with Crippen LogP contribution in [0.15, 0.2) is 48.7 Å². The molecule has 26 heavy (non-hydrogen) atoms. The van der Waals surface area contributed by atoms with Crippen LogP contribution in [0.25, 0.3) is 0 Å². The summed E-state index contributed by atoms with van der Waals surface area (Å²) in [5.74, 6) is -0.908. The van der Waals surface area contributed by atoms with E-state index in [1.54, 1.807) is 12.1 Å². The molecule has 2 N–H and O–H groups in total. The summed E-state index contributed by atoms with van der Waals surface area (Å²) in [4.78, 5) is 13.5. The minimum Gasteiger partial charge on any atom is -0.478 e. The van der Waals surface area contributed by atoms with Gasteiger partial charge in [-0.2, -0.15) is 5.26 Å². The van der Waals surface area contributed by atoms with E-state index in [2.05, 4.69) is 29.4 Å². The largest absolute Gasteiger partial charge is 0.478 e. The van der Waals surface area contributed by atoms with Crippen molar-refractivity contribution in [2.45, 2.75) is 32.7 Å². The number of hydrogen-bond acceptors (Lipinski definition) is 4. The quantitative estimate of drug-likeness (QED) is 0.598. The molecule has 1 heterocycles. The molecule has 0 atom stereocenters. The van der Waals surface area contributed by atoms with Crippen molar-refractivity contribution in [3.05, 3.63) is 65.4 Å². The number of likely N-dealkylation sites (tertiary alicyclic amines) is 1. The minimum atomic E-state index is -0.908. The lowest BCUT2D eigenvalue weighted by Crippen LogP contribution is -2.39. The number of hydrogen-bond donors (Lipinski definition) is 2. The van der Waals surface area contributed by atoms with Crippen LogP contribution >= 0.6 is 0 Å². The third-order valence-corrected chi connectivity index (χ3v) is 4.72. The summed E-state index contributed by atoms with van der Waals surface area (Å²) in [6.07, 6.45) is 5.28. The molecule has 136 valence electrons. The predicted molar refractivity (Wildman–Crippen MR) is 104 cm³/mol. The van der Waals surface area contributed by atoms with Crippen LogP contribution in [-0.4, -0.2) is 35.1 Å². The molecule has 1 aliphatic heterocycles. The topological polar surface area (TPSA) is 76.4 Å². The Balaban J connectivity index is 2.08. The molecule has 5 heteroatoms. The first-order valence-electron chi connectivity index (χ1n) is 8.65. The fraction of sp³-hybridized carbons (Fsp3) is 0.333. The van der Waals surface area contributed by atoms with Crippen molar-refractivity contribution in [3.8, 4) is 6.07 Å². The van der Waals surface area contributed by atoms with Gasteiger partial charge in [0.15, 0.2) is 0 Å². The molecule has 0 bridgehead atoms. The zero-order chi connectivity index (χ0) is 19.3. The number of aromatic carboxylic acids is 1. The van der Waals surface area contributed by atoms with Crippen LogP contribution in [-0.2, 0) is 0 Å². The number of nitriles is 1. The van der Waals surface area contributed by atoms with Crippen molar-refractivity contribution >= 4 is 11.7 Å². The molecular formula is C21H25N3O2. The van der Waals surface area contributed by atoms with Crippen LogP contribution in [0, 0.1) is 25.2 Å². The summed E-state index contributed by atoms with van der Waals surface area (Å²) in [6.45, 7) is 12.9. The number of allylic oxidation sites excluding steroid dienone is 3. The van der Waals surface area contributed by atoms with Gasteiger partial charge >= 0.3 is 5.97 Å². The molecule has 5 nitrogen and oxygen atoms in total. The highest BCUT2D eigenvalue weighted by Crippen LogP contribution is 2.26. The van der Waals surface area contributed by atoms with Gasteiger partial charge in [0.2, 0.25) is 0 Å². The molecule has 0 amide bonds. The lowest BCUT2D eigenvalue weighted by atomic mass is 10.00. The van der Waals surface area contributed by atoms with Crippen LogP contribution < -0.4 is 5.32 Å². The monoisotopic (exact) mass is 351 g/mol. The zero-order valence-corrected chi connectivity index (χ0v) is 15.4. The van der Waals surface area contributed by atoms with Gasteiger partial charge in [-0.3, -0.25) is 0 Å². The maximum Gasteiger partial charge on any atom is 0.336 e. The van der Waals surface area contributed by atoms with Crippen LogP contribution in [0.2, 0.25) is 0 Å². The highest BCUT2D eigenvalue weighted by molar-refractivity contribution is 5.91. The molecule has 1 aromatic rings. The number of aryl methyl sites for hydroxylation is 2. The van der Waals surface area contributed by atoms with E-state index in [4.69, 9.17) is 5.26 Å². The summed E-state index contributed by atoms with van der Waals surface area (Å²) in [6, 6.07) is 5.99. The second kappa shape index (κ2) is 8.39. The van der Waals surface area contributed by atoms with Crippen LogP contribution in [0.1, 0.15) is 34.3 Å². The van der Waals surface area contributed by atoms with Crippen LogP contribution in [0.5, 0.6) is 0 Å². The number of carbonyl (C=O) groups is 1. The van der Waals surface area contributed by atoms with E-state index in [9.17, 15) is 9.90 Å². The van der Waals surface area contributed by atoms with E-state index >= 15 is 0 Å². The summed E-state index contributed by atoms with van der Waals surface area (Å²) in [5, 5.41) is 21.9. The Morgan fingerprint density at radius 2 is 2.00 bits per heavy atom. The molecule has 1 fully saturated rings. The van der Waals surface area contributed by atoms with Crippen molar-refractivity contribution in [3.63, 3.8) is 0 Å². The highest BCUT2D eigenvalue weighted by Gasteiger charge is 2.22. The molecule has 0 aliphatic carbocycles. The Morgan fingerprint density at radius 1 is 1.35 bits per heavy atom. The normalized spacial score (nSPS) is 15.3. The number of piperidine rings is 1. The molecule has 0 saturated carbocycles. The number of benzene rings is 1. The lowest BCUT2D eigenvalue weighted by molar-refractivity contribution is 0.0696. The summed E-state index contributed by atoms with van der Waals surface area (Å²) in [5.41, 5.74) is 4.27. The highest BCUT2D eigenvalue weighted by atomic mass is 16.4. The van der Waals surface area contributed by atoms with Gasteiger partial charge in [-0.1, -0.05) is 25.3 Å². The molecule has 1 aromatic carbocycles. The van der Waals surface area contributed by atoms with Crippen molar-refractivity contribution in [2.24, 2.45) is 0 Å². The first kappa shape index (κ1) is 19.3. The molecule has 2 rings (SSSR count). The molecule has 1 aliphatic rings. The van der Waals surface area contributed by atoms with Crippen LogP contribution in [0.3, 0.4) is 0 Å². The molecule has 0 radical (unpaired) electrons. The molecule has 0 spiro atoms. The molecule has 1 saturated heterocycles. The fourth-order valence-corrected chi connectivity index (χ4v) is 3.29. The smallest absolute Gasteiger partial charge is 0.336 e. The minimum absolute atomic E-state index is 0.259. The number of nitrogens with one attached hydrogen (secondary N) is 1. The summed E-state index contributed by atoms with van der Waals surface area (Å²) in [7, 11) is 0. The SMILES string of the molecule is C=C/C=C(\C(=C)C#N)N1CCC(Nc2cc(C(=O)O)c(C)cc2C)CC1. The van der Waals surface area contributed by atoms with Crippen molar-refractivity contribution in [2.75, 3.05) is 18.4 Å². The molecule has 0 unspecified atom stereocenters. The van der Waals surface area contributed by atoms with E-state index in [0.717, 1.165) is 48.4 Å². The number of carboxylic acid groups (broad SMARTS) is 1. The molecule has 0 aromatic heterocycles. The second-order valence-electron chi connectivity index (χ2n) is 6.57. The number of carboxylic acids is 1. The van der Waals surface area contributed by atoms with Gasteiger partial charge in [0, 0.05) is 24.8 Å². The van der Waals surface area contributed by atoms with Gasteiger partial charge in [-0.15, -0.1) is 0 Å². The van der Waals surface area contributed by atoms with Gasteiger partial charge in [-0.05, 0) is 50.0 Å². The van der Waals surface area contributed by atoms with Gasteiger partial charge < -0.3 is 15.3 Å². The zero-order valence-electron chi connectivity index (χ0n) is 15.4. The molecular weight excluding hydrogens is 326 g/mol. The van der Waals surface area contributed by atoms with E-state index in [0.29, 0.717) is 11.1 Å². The van der Waals surface area contributed by atoms with E-state index < -0.39 is 5.97 Å². The first-order valence-corrected chi connectivity index (χ1v) is 8.65. The van der Waals surface area contributed by atoms with E-state index in [1.807, 2.05) is 26.0 Å². The van der Waals surface area contributed by atoms with Crippen molar-refractivity contribution in [1.29, 1.82) is 5.26 Å². The van der Waals surface area contributed by atoms with Gasteiger partial charge in [0.05, 0.1) is 16.8 Å². The average Bonchev–Trinajstić information content (AvgIpc) is 2.61. The van der Waals surface area contributed by atoms with Crippen molar-refractivity contribution < 1.29 is 9.90 Å². The summed E-state index contributed by atoms with van der Waals surface area (Å²) < 4.78 is 0. The van der Waals surface area contributed by atoms with Crippen molar-refractivity contribution in [1.82, 2.24) is 4.90 Å². The Bertz CT molecular complexity index is 794. The van der Waals surface area contributed by atoms with E-state index in [-0.39, 0.29) is 6.04 Å². The predicted octanol–water partition coefficient (Wildman–Crippen LogP) is 4.03. The number of nitrogens with zero attached hydrogens (tertiary/aromatic N) is 2. The fourth-order valence-electron chi connectivity index (χ4n) is 3.29. The summed E-state index contributed by atoms with van der Waals surface area (Å²) >= 11 is 0. The van der Waals surface area contributed by atoms with Gasteiger partial charge in [0.25, 0.3) is 0 Å². The lowest BCUT2D eigenvalue weighted by Gasteiger charge is -2.35. The third kappa shape index (κ3) is 4.34. The standard InChI is InChI=1S/C21H25N3O2/c1-5-6-20(16(4)13-22)24-9-7-17(8-10-24)23-19-12-18(21(25)26)14(2)11-15(19)3/h5-6,11-12,17,23H,1,4,7-10H2,2-3H3,(H,25,26)/b20-6+. The first-order chi connectivity index (χ1) is 12.4. The third-order valence-electron chi connectivity index (χ3n) is 4.72. The maximum absolute atomic E-state index is 11.4. The Labute approximate surface area is 154 Å². The number of rotatable bonds is 6. The van der Waals surface area contributed by atoms with Crippen LogP contribution in [0.4, 0.5) is 5.69 Å². The average molecular weight is 351 g/mol. The van der Waals surface area contributed by atoms with Gasteiger partial charge in [-0.25, -0.2) is 4.79 Å². The van der Waals surface area contributed by atoms with Gasteiger partial charge in [0.1, 0.15) is 6.07 Å². The maximum atomic E-state index is 11.4. The Hall–Kier alpha value is -3.00. The van der Waals surface area contributed by atoms with E-state index in [1.165, 1.54) is 0 Å². The second-order valence-corrected chi connectivity index (χ2v) is 6.57.